The molecule has 2 fully saturated rings. The Bertz CT molecular complexity index is 676. The normalized spacial score (nSPS) is 20.0. The predicted molar refractivity (Wildman–Crippen MR) is 97.9 cm³/mol. The lowest BCUT2D eigenvalue weighted by molar-refractivity contribution is -0.126. The number of hydrogen-bond donors (Lipinski definition) is 3. The molecule has 2 heterocycles. The molecular formula is C18H25N5O3. The van der Waals surface area contributed by atoms with Crippen LogP contribution < -0.4 is 21.3 Å². The van der Waals surface area contributed by atoms with Gasteiger partial charge in [-0.25, -0.2) is 4.79 Å². The van der Waals surface area contributed by atoms with Crippen molar-refractivity contribution in [2.75, 3.05) is 44.2 Å². The van der Waals surface area contributed by atoms with Crippen LogP contribution in [0, 0.1) is 5.92 Å². The van der Waals surface area contributed by atoms with Gasteiger partial charge in [0.1, 0.15) is 0 Å². The number of carbonyl (C=O) groups excluding carboxylic acids is 3. The van der Waals surface area contributed by atoms with E-state index in [1.54, 1.807) is 34.1 Å². The molecule has 140 valence electrons. The fraction of sp³-hybridized carbons (Fsp3) is 0.500. The molecule has 0 radical (unpaired) electrons. The zero-order valence-corrected chi connectivity index (χ0v) is 14.7. The number of hydrogen-bond acceptors (Lipinski definition) is 4. The van der Waals surface area contributed by atoms with Gasteiger partial charge < -0.3 is 21.3 Å². The summed E-state index contributed by atoms with van der Waals surface area (Å²) in [6.45, 7) is 3.18. The predicted octanol–water partition coefficient (Wildman–Crippen LogP) is 0.143. The molecule has 2 aliphatic heterocycles. The van der Waals surface area contributed by atoms with Gasteiger partial charge in [-0.2, -0.15) is 0 Å². The van der Waals surface area contributed by atoms with Crippen molar-refractivity contribution in [2.24, 2.45) is 11.7 Å². The van der Waals surface area contributed by atoms with Gasteiger partial charge in [-0.15, -0.1) is 0 Å². The summed E-state index contributed by atoms with van der Waals surface area (Å²) in [4.78, 5) is 40.0. The number of nitrogens with one attached hydrogen (secondary N) is 2. The number of urea groups is 1. The van der Waals surface area contributed by atoms with Crippen molar-refractivity contribution in [3.63, 3.8) is 0 Å². The van der Waals surface area contributed by atoms with Crippen molar-refractivity contribution in [3.8, 4) is 0 Å². The maximum atomic E-state index is 12.8. The lowest BCUT2D eigenvalue weighted by atomic mass is 9.96. The van der Waals surface area contributed by atoms with E-state index in [4.69, 9.17) is 5.73 Å². The zero-order valence-electron chi connectivity index (χ0n) is 14.7. The highest BCUT2D eigenvalue weighted by atomic mass is 16.2. The molecule has 1 aromatic carbocycles. The quantitative estimate of drug-likeness (QED) is 0.695. The first-order valence-electron chi connectivity index (χ1n) is 9.02. The highest BCUT2D eigenvalue weighted by Crippen LogP contribution is 2.21. The van der Waals surface area contributed by atoms with E-state index in [-0.39, 0.29) is 23.8 Å². The number of nitrogens with two attached hydrogens (primary N) is 1. The van der Waals surface area contributed by atoms with E-state index in [1.807, 2.05) is 0 Å². The van der Waals surface area contributed by atoms with Gasteiger partial charge >= 0.3 is 6.03 Å². The Labute approximate surface area is 152 Å². The molecule has 1 atom stereocenters. The second kappa shape index (κ2) is 8.18. The van der Waals surface area contributed by atoms with Gasteiger partial charge in [0, 0.05) is 50.5 Å². The monoisotopic (exact) mass is 359 g/mol. The van der Waals surface area contributed by atoms with E-state index >= 15 is 0 Å². The molecular weight excluding hydrogens is 334 g/mol. The van der Waals surface area contributed by atoms with E-state index in [9.17, 15) is 14.4 Å². The van der Waals surface area contributed by atoms with Crippen LogP contribution in [0.3, 0.4) is 0 Å². The highest BCUT2D eigenvalue weighted by molar-refractivity contribution is 5.97. The van der Waals surface area contributed by atoms with E-state index in [1.165, 1.54) is 0 Å². The first-order chi connectivity index (χ1) is 12.6. The van der Waals surface area contributed by atoms with Gasteiger partial charge in [-0.05, 0) is 37.1 Å². The Balaban J connectivity index is 1.63. The van der Waals surface area contributed by atoms with E-state index in [0.29, 0.717) is 44.8 Å². The molecule has 8 heteroatoms. The van der Waals surface area contributed by atoms with E-state index in [0.717, 1.165) is 18.5 Å². The van der Waals surface area contributed by atoms with Crippen LogP contribution in [0.15, 0.2) is 24.3 Å². The third-order valence-corrected chi connectivity index (χ3v) is 4.81. The van der Waals surface area contributed by atoms with Crippen LogP contribution >= 0.6 is 0 Å². The Kier molecular flexibility index (Phi) is 5.72. The van der Waals surface area contributed by atoms with Crippen LogP contribution in [-0.4, -0.2) is 62.0 Å². The third-order valence-electron chi connectivity index (χ3n) is 4.81. The molecule has 2 aliphatic rings. The number of benzene rings is 1. The highest BCUT2D eigenvalue weighted by Gasteiger charge is 2.29. The van der Waals surface area contributed by atoms with Gasteiger partial charge in [-0.1, -0.05) is 0 Å². The molecule has 0 aromatic heterocycles. The van der Waals surface area contributed by atoms with Crippen molar-refractivity contribution in [2.45, 2.75) is 12.8 Å². The zero-order chi connectivity index (χ0) is 18.5. The smallest absolute Gasteiger partial charge is 0.321 e. The average molecular weight is 359 g/mol. The lowest BCUT2D eigenvalue weighted by Crippen LogP contribution is -2.46. The second-order valence-corrected chi connectivity index (χ2v) is 6.60. The number of rotatable bonds is 5. The fourth-order valence-electron chi connectivity index (χ4n) is 3.40. The minimum absolute atomic E-state index is 0.0386. The number of amides is 4. The van der Waals surface area contributed by atoms with Gasteiger partial charge in [0.15, 0.2) is 0 Å². The van der Waals surface area contributed by atoms with E-state index in [2.05, 4.69) is 10.6 Å². The Morgan fingerprint density at radius 2 is 2.00 bits per heavy atom. The van der Waals surface area contributed by atoms with Gasteiger partial charge in [0.2, 0.25) is 5.91 Å². The summed E-state index contributed by atoms with van der Waals surface area (Å²) in [6.07, 6.45) is 1.58. The minimum Gasteiger partial charge on any atom is -0.355 e. The summed E-state index contributed by atoms with van der Waals surface area (Å²) in [7, 11) is 0. The first-order valence-corrected chi connectivity index (χ1v) is 9.02. The largest absolute Gasteiger partial charge is 0.355 e. The third kappa shape index (κ3) is 3.96. The Morgan fingerprint density at radius 1 is 1.23 bits per heavy atom. The summed E-state index contributed by atoms with van der Waals surface area (Å²) in [5, 5.41) is 5.55. The van der Waals surface area contributed by atoms with Crippen molar-refractivity contribution < 1.29 is 14.4 Å². The minimum atomic E-state index is -0.188. The Morgan fingerprint density at radius 3 is 2.65 bits per heavy atom. The second-order valence-electron chi connectivity index (χ2n) is 6.60. The van der Waals surface area contributed by atoms with Crippen molar-refractivity contribution in [3.05, 3.63) is 29.8 Å². The molecule has 1 aromatic rings. The van der Waals surface area contributed by atoms with Crippen LogP contribution in [0.5, 0.6) is 0 Å². The van der Waals surface area contributed by atoms with Gasteiger partial charge in [-0.3, -0.25) is 14.5 Å². The van der Waals surface area contributed by atoms with Gasteiger partial charge in [0.25, 0.3) is 5.91 Å². The van der Waals surface area contributed by atoms with Crippen LogP contribution in [0.2, 0.25) is 0 Å². The number of likely N-dealkylation sites (tertiary alicyclic amines) is 1. The Hall–Kier alpha value is -2.61. The standard InChI is InChI=1S/C18H25N5O3/c19-7-8-20-16(24)14-2-1-10-22(12-14)17(25)13-3-5-15(6-4-13)23-11-9-21-18(23)26/h3-6,14H,1-2,7-12,19H2,(H,20,24)(H,21,26). The van der Waals surface area contributed by atoms with Crippen LogP contribution in [0.1, 0.15) is 23.2 Å². The molecule has 1 unspecified atom stereocenters. The number of nitrogens with zero attached hydrogens (tertiary/aromatic N) is 2. The number of piperidine rings is 1. The summed E-state index contributed by atoms with van der Waals surface area (Å²) >= 11 is 0. The molecule has 26 heavy (non-hydrogen) atoms. The maximum Gasteiger partial charge on any atom is 0.321 e. The summed E-state index contributed by atoms with van der Waals surface area (Å²) in [5.74, 6) is -0.311. The SMILES string of the molecule is NCCNC(=O)C1CCCN(C(=O)c2ccc(N3CCNC3=O)cc2)C1. The van der Waals surface area contributed by atoms with E-state index < -0.39 is 0 Å². The maximum absolute atomic E-state index is 12.8. The molecule has 4 N–H and O–H groups in total. The molecule has 0 spiro atoms. The average Bonchev–Trinajstić information content (AvgIpc) is 3.11. The topological polar surface area (TPSA) is 108 Å². The number of carbonyl (C=O) groups is 3. The molecule has 3 rings (SSSR count). The molecule has 4 amide bonds. The molecule has 0 bridgehead atoms. The number of anilines is 1. The van der Waals surface area contributed by atoms with Gasteiger partial charge in [0.05, 0.1) is 5.92 Å². The summed E-state index contributed by atoms with van der Waals surface area (Å²) in [6, 6.07) is 6.93. The van der Waals surface area contributed by atoms with Crippen molar-refractivity contribution >= 4 is 23.5 Å². The first kappa shape index (κ1) is 18.2. The van der Waals surface area contributed by atoms with Crippen LogP contribution in [0.25, 0.3) is 0 Å². The van der Waals surface area contributed by atoms with Crippen LogP contribution in [0.4, 0.5) is 10.5 Å². The fourth-order valence-corrected chi connectivity index (χ4v) is 3.40. The molecule has 0 saturated carbocycles. The van der Waals surface area contributed by atoms with Crippen molar-refractivity contribution in [1.29, 1.82) is 0 Å². The summed E-state index contributed by atoms with van der Waals surface area (Å²) in [5.41, 5.74) is 6.75. The molecule has 0 aliphatic carbocycles. The summed E-state index contributed by atoms with van der Waals surface area (Å²) < 4.78 is 0. The molecule has 2 saturated heterocycles. The van der Waals surface area contributed by atoms with Crippen LogP contribution in [-0.2, 0) is 4.79 Å². The lowest BCUT2D eigenvalue weighted by Gasteiger charge is -2.32. The van der Waals surface area contributed by atoms with Crippen molar-refractivity contribution in [1.82, 2.24) is 15.5 Å². The molecule has 8 nitrogen and oxygen atoms in total.